The van der Waals surface area contributed by atoms with Crippen molar-refractivity contribution in [2.24, 2.45) is 5.92 Å². The zero-order chi connectivity index (χ0) is 19.6. The third kappa shape index (κ3) is 8.96. The van der Waals surface area contributed by atoms with E-state index in [4.69, 9.17) is 15.9 Å². The van der Waals surface area contributed by atoms with Crippen LogP contribution in [0.1, 0.15) is 25.3 Å². The molecule has 144 valence electrons. The van der Waals surface area contributed by atoms with Gasteiger partial charge < -0.3 is 14.4 Å². The molecule has 0 fully saturated rings. The van der Waals surface area contributed by atoms with E-state index >= 15 is 0 Å². The van der Waals surface area contributed by atoms with E-state index in [1.54, 1.807) is 12.0 Å². The summed E-state index contributed by atoms with van der Waals surface area (Å²) in [4.78, 5) is 14.4. The second kappa shape index (κ2) is 10.9. The first-order valence-electron chi connectivity index (χ1n) is 9.23. The monoisotopic (exact) mass is 375 g/mol. The molecule has 1 rings (SSSR count). The van der Waals surface area contributed by atoms with Crippen molar-refractivity contribution in [1.82, 2.24) is 4.90 Å². The molecule has 0 saturated heterocycles. The van der Waals surface area contributed by atoms with Gasteiger partial charge in [0.2, 0.25) is 0 Å². The lowest BCUT2D eigenvalue weighted by Crippen LogP contribution is -2.35. The Morgan fingerprint density at radius 1 is 1.27 bits per heavy atom. The molecular weight excluding hydrogens is 342 g/mol. The van der Waals surface area contributed by atoms with E-state index in [1.807, 2.05) is 24.3 Å². The van der Waals surface area contributed by atoms with Crippen molar-refractivity contribution >= 4 is 14.2 Å². The summed E-state index contributed by atoms with van der Waals surface area (Å²) in [5.74, 6) is 3.80. The van der Waals surface area contributed by atoms with Crippen LogP contribution in [0.4, 0.5) is 4.79 Å². The molecule has 1 aromatic carbocycles. The molecule has 0 aliphatic carbocycles. The third-order valence-electron chi connectivity index (χ3n) is 4.18. The average Bonchev–Trinajstić information content (AvgIpc) is 2.58. The van der Waals surface area contributed by atoms with Crippen LogP contribution in [0.15, 0.2) is 24.3 Å². The van der Waals surface area contributed by atoms with Crippen LogP contribution in [-0.4, -0.2) is 39.3 Å². The fourth-order valence-electron chi connectivity index (χ4n) is 2.49. The molecule has 4 nitrogen and oxygen atoms in total. The van der Waals surface area contributed by atoms with Crippen LogP contribution in [0.5, 0.6) is 5.75 Å². The van der Waals surface area contributed by atoms with Crippen LogP contribution in [0.25, 0.3) is 0 Å². The topological polar surface area (TPSA) is 38.8 Å². The first kappa shape index (κ1) is 22.1. The minimum absolute atomic E-state index is 0.244. The highest BCUT2D eigenvalue weighted by atomic mass is 28.3. The summed E-state index contributed by atoms with van der Waals surface area (Å²) < 4.78 is 10.8. The van der Waals surface area contributed by atoms with E-state index < -0.39 is 8.07 Å². The standard InChI is InChI=1S/C21H33NO3Si/c1-7-8-9-18(2)16-22(21(23)25-14-15-26(4,5)6)17-19-10-12-20(24-3)13-11-19/h1,10-13,18H,8-9,14-17H2,2-6H3/t18-/m0/s1. The Morgan fingerprint density at radius 2 is 1.92 bits per heavy atom. The molecule has 0 heterocycles. The predicted molar refractivity (Wildman–Crippen MR) is 110 cm³/mol. The SMILES string of the molecule is C#CCC[C@H](C)CN(Cc1ccc(OC)cc1)C(=O)OCC[Si](C)(C)C. The Morgan fingerprint density at radius 3 is 2.46 bits per heavy atom. The molecule has 0 unspecified atom stereocenters. The van der Waals surface area contributed by atoms with Gasteiger partial charge >= 0.3 is 6.09 Å². The Balaban J connectivity index is 2.73. The summed E-state index contributed by atoms with van der Waals surface area (Å²) >= 11 is 0. The largest absolute Gasteiger partial charge is 0.497 e. The van der Waals surface area contributed by atoms with Crippen molar-refractivity contribution < 1.29 is 14.3 Å². The van der Waals surface area contributed by atoms with Crippen LogP contribution in [0, 0.1) is 18.3 Å². The molecule has 0 saturated carbocycles. The first-order chi connectivity index (χ1) is 12.2. The summed E-state index contributed by atoms with van der Waals surface area (Å²) in [6.45, 7) is 10.6. The maximum absolute atomic E-state index is 12.6. The number of ether oxygens (including phenoxy) is 2. The average molecular weight is 376 g/mol. The normalized spacial score (nSPS) is 12.2. The number of nitrogens with zero attached hydrogens (tertiary/aromatic N) is 1. The van der Waals surface area contributed by atoms with Gasteiger partial charge in [-0.2, -0.15) is 0 Å². The summed E-state index contributed by atoms with van der Waals surface area (Å²) in [7, 11) is 0.418. The maximum Gasteiger partial charge on any atom is 0.410 e. The Hall–Kier alpha value is -1.93. The van der Waals surface area contributed by atoms with Crippen LogP contribution < -0.4 is 4.74 Å². The highest BCUT2D eigenvalue weighted by molar-refractivity contribution is 6.76. The van der Waals surface area contributed by atoms with Crippen molar-refractivity contribution in [3.05, 3.63) is 29.8 Å². The fraction of sp³-hybridized carbons (Fsp3) is 0.571. The van der Waals surface area contributed by atoms with Gasteiger partial charge in [0.15, 0.2) is 0 Å². The Bertz CT molecular complexity index is 587. The highest BCUT2D eigenvalue weighted by Gasteiger charge is 2.20. The van der Waals surface area contributed by atoms with Gasteiger partial charge in [-0.25, -0.2) is 4.79 Å². The lowest BCUT2D eigenvalue weighted by Gasteiger charge is -2.26. The molecule has 0 N–H and O–H groups in total. The number of hydrogen-bond acceptors (Lipinski definition) is 3. The zero-order valence-electron chi connectivity index (χ0n) is 16.9. The van der Waals surface area contributed by atoms with Gasteiger partial charge in [-0.05, 0) is 36.1 Å². The Kier molecular flexibility index (Phi) is 9.29. The van der Waals surface area contributed by atoms with Crippen molar-refractivity contribution in [3.8, 4) is 18.1 Å². The number of methoxy groups -OCH3 is 1. The second-order valence-electron chi connectivity index (χ2n) is 8.00. The van der Waals surface area contributed by atoms with Gasteiger partial charge in [0.05, 0.1) is 13.7 Å². The van der Waals surface area contributed by atoms with E-state index in [2.05, 4.69) is 32.5 Å². The van der Waals surface area contributed by atoms with Crippen molar-refractivity contribution in [2.75, 3.05) is 20.3 Å². The van der Waals surface area contributed by atoms with Gasteiger partial charge in [0, 0.05) is 27.6 Å². The summed E-state index contributed by atoms with van der Waals surface area (Å²) in [6, 6.07) is 8.75. The lowest BCUT2D eigenvalue weighted by atomic mass is 10.1. The molecule has 0 spiro atoms. The molecular formula is C21H33NO3Si. The lowest BCUT2D eigenvalue weighted by molar-refractivity contribution is 0.0979. The van der Waals surface area contributed by atoms with Crippen LogP contribution in [-0.2, 0) is 11.3 Å². The van der Waals surface area contributed by atoms with Crippen molar-refractivity contribution in [3.63, 3.8) is 0 Å². The minimum Gasteiger partial charge on any atom is -0.497 e. The third-order valence-corrected chi connectivity index (χ3v) is 5.89. The Labute approximate surface area is 159 Å². The zero-order valence-corrected chi connectivity index (χ0v) is 17.9. The molecule has 0 aromatic heterocycles. The molecule has 1 atom stereocenters. The summed E-state index contributed by atoms with van der Waals surface area (Å²) in [5.41, 5.74) is 1.05. The van der Waals surface area contributed by atoms with Gasteiger partial charge in [0.1, 0.15) is 5.75 Å². The van der Waals surface area contributed by atoms with Gasteiger partial charge in [-0.15, -0.1) is 12.3 Å². The molecule has 0 aliphatic heterocycles. The maximum atomic E-state index is 12.6. The fourth-order valence-corrected chi connectivity index (χ4v) is 3.20. The van der Waals surface area contributed by atoms with E-state index in [9.17, 15) is 4.79 Å². The number of hydrogen-bond donors (Lipinski definition) is 0. The molecule has 26 heavy (non-hydrogen) atoms. The molecule has 0 radical (unpaired) electrons. The highest BCUT2D eigenvalue weighted by Crippen LogP contribution is 2.16. The molecule has 1 amide bonds. The number of rotatable bonds is 10. The quantitative estimate of drug-likeness (QED) is 0.426. The van der Waals surface area contributed by atoms with E-state index in [-0.39, 0.29) is 6.09 Å². The number of terminal acetylenes is 1. The molecule has 0 bridgehead atoms. The molecule has 0 aliphatic rings. The number of carbonyl (C=O) groups excluding carboxylic acids is 1. The second-order valence-corrected chi connectivity index (χ2v) is 13.6. The predicted octanol–water partition coefficient (Wildman–Crippen LogP) is 5.02. The van der Waals surface area contributed by atoms with Gasteiger partial charge in [-0.3, -0.25) is 0 Å². The van der Waals surface area contributed by atoms with E-state index in [0.29, 0.717) is 25.6 Å². The number of benzene rings is 1. The van der Waals surface area contributed by atoms with E-state index in [0.717, 1.165) is 30.2 Å². The van der Waals surface area contributed by atoms with E-state index in [1.165, 1.54) is 0 Å². The summed E-state index contributed by atoms with van der Waals surface area (Å²) in [6.07, 6.45) is 6.74. The van der Waals surface area contributed by atoms with Gasteiger partial charge in [-0.1, -0.05) is 38.7 Å². The smallest absolute Gasteiger partial charge is 0.410 e. The van der Waals surface area contributed by atoms with Crippen LogP contribution in [0.2, 0.25) is 25.7 Å². The van der Waals surface area contributed by atoms with Crippen LogP contribution >= 0.6 is 0 Å². The van der Waals surface area contributed by atoms with Crippen LogP contribution in [0.3, 0.4) is 0 Å². The number of carbonyl (C=O) groups is 1. The first-order valence-corrected chi connectivity index (χ1v) is 12.9. The van der Waals surface area contributed by atoms with Crippen molar-refractivity contribution in [1.29, 1.82) is 0 Å². The van der Waals surface area contributed by atoms with Gasteiger partial charge in [0.25, 0.3) is 0 Å². The van der Waals surface area contributed by atoms with Crippen molar-refractivity contribution in [2.45, 2.75) is 52.0 Å². The molecule has 5 heteroatoms. The number of amides is 1. The molecule has 1 aromatic rings. The minimum atomic E-state index is -1.22. The summed E-state index contributed by atoms with van der Waals surface area (Å²) in [5, 5.41) is 0.